The van der Waals surface area contributed by atoms with Crippen molar-refractivity contribution in [2.45, 2.75) is 410 Å². The fraction of sp³-hybridized carbons (Fsp3) is 1.00. The van der Waals surface area contributed by atoms with Gasteiger partial charge in [0.2, 0.25) is 0 Å². The summed E-state index contributed by atoms with van der Waals surface area (Å²) >= 11 is 0. The van der Waals surface area contributed by atoms with Gasteiger partial charge in [0.25, 0.3) is 0 Å². The monoisotopic (exact) mass is 2470 g/mol. The molecular weight excluding hydrogens is 2310 g/mol. The molecule has 0 aromatic heterocycles. The van der Waals surface area contributed by atoms with Crippen molar-refractivity contribution in [3.8, 4) is 0 Å². The maximum absolute atomic E-state index is 7.11. The number of hydrogen-bond donors (Lipinski definition) is 0. The predicted octanol–water partition coefficient (Wildman–Crippen LogP) is 35.8. The van der Waals surface area contributed by atoms with E-state index in [0.717, 1.165) is 116 Å². The Bertz CT molecular complexity index is 3130. The van der Waals surface area contributed by atoms with Gasteiger partial charge in [0, 0.05) is 181 Å². The largest absolute Gasteiger partial charge is 0.505 e. The van der Waals surface area contributed by atoms with Crippen molar-refractivity contribution >= 4 is 300 Å². The molecule has 18 atom stereocenters. The minimum Gasteiger partial charge on any atom is -0.374 e. The van der Waals surface area contributed by atoms with Crippen LogP contribution in [0.3, 0.4) is 0 Å². The van der Waals surface area contributed by atoms with Crippen molar-refractivity contribution in [1.29, 1.82) is 0 Å². The summed E-state index contributed by atoms with van der Waals surface area (Å²) in [6.45, 7) is 49.2. The maximum atomic E-state index is 7.11. The van der Waals surface area contributed by atoms with Crippen LogP contribution in [0.1, 0.15) is 337 Å². The Kier molecular flexibility index (Phi) is 53.0. The molecule has 0 heterocycles. The van der Waals surface area contributed by atoms with Crippen LogP contribution in [0.5, 0.6) is 0 Å². The minimum atomic E-state index is -3.19. The molecule has 0 aliphatic heterocycles. The molecule has 0 spiro atoms. The molecule has 12 bridgehead atoms. The van der Waals surface area contributed by atoms with Crippen molar-refractivity contribution in [3.63, 3.8) is 0 Å². The van der Waals surface area contributed by atoms with Crippen molar-refractivity contribution in [1.82, 2.24) is 0 Å². The van der Waals surface area contributed by atoms with Gasteiger partial charge in [-0.2, -0.15) is 0 Å². The van der Waals surface area contributed by atoms with Crippen LogP contribution in [-0.2, 0) is 79.7 Å². The van der Waals surface area contributed by atoms with E-state index in [9.17, 15) is 0 Å². The second kappa shape index (κ2) is 59.0. The summed E-state index contributed by atoms with van der Waals surface area (Å²) in [5.41, 5.74) is 1.21. The van der Waals surface area contributed by atoms with E-state index in [1.54, 1.807) is 0 Å². The molecule has 13 rings (SSSR count). The van der Waals surface area contributed by atoms with Gasteiger partial charge >= 0.3 is 52.8 Å². The Morgan fingerprint density at radius 3 is 0.457 bits per heavy atom. The Morgan fingerprint density at radius 2 is 0.312 bits per heavy atom. The SMILES string of the molecule is CCO[Si](OCC)(OCC)C1CC2CCC1(SSSSC1(SSSSC34CCC(CC3[Si](OCC)(OCC)OCC)C4)CCCCCCCCCC(SSSSC34CCC(CC3[Si](OCC)(OCC)OCC)C4)(SSSSC34CCC(CC3[Si](OCC)(OCC)OCC)C4)C1(SSSSC13CCC(CC1[Si](OCC)(OCC)OCC)C3)SSSSC13CCC(CC1[Si](OCC)(OCC)OCC)C3)C2. The molecular formula is C90H168O18S24Si6. The molecule has 0 aromatic rings. The zero-order valence-electron chi connectivity index (χ0n) is 85.6. The highest BCUT2D eigenvalue weighted by Crippen LogP contribution is 2.87. The standard InChI is InChI=1S/C90H168O18S24Si6/c1-19-91-133(92-20-2,93-21-3)76-58-70-44-52-82(76,64-70)109-121-127-115-88(116-128-122-110-83-53-45-71(65-83)59-77(83)134(94-22-4,95-23-5)96-24-6)50-42-40-38-37-39-41-43-51-89(117-129-123-111-84-54-46-72(66-84)60-78(84)135(97-25-7,98-26-8)99-27-9,118-130-124-112-85-55-47-73(67-85)61-79(85)136(100-28-10,101-29-11)102-30-12)90(88,119-131-125-113-86-56-48-74(68-86)62-80(86)137(103-31-13,104-32-14)105-33-15)120-132-126-114-87-57-49-75(69-87)63-81(87)138(106-34-16,107-35-17)108-36-18/h70-81H,19-69H2,1-18H3. The molecule has 804 valence electrons. The fourth-order valence-electron chi connectivity index (χ4n) is 26.8. The van der Waals surface area contributed by atoms with E-state index >= 15 is 0 Å². The van der Waals surface area contributed by atoms with Crippen molar-refractivity contribution in [2.75, 3.05) is 119 Å². The average Bonchev–Trinajstić information content (AvgIpc) is 1.38. The van der Waals surface area contributed by atoms with Gasteiger partial charge in [-0.05, 0) is 445 Å². The second-order valence-electron chi connectivity index (χ2n) is 39.1. The van der Waals surface area contributed by atoms with Crippen LogP contribution in [0.15, 0.2) is 0 Å². The van der Waals surface area contributed by atoms with E-state index in [1.165, 1.54) is 96.3 Å². The Balaban J connectivity index is 1.02. The van der Waals surface area contributed by atoms with Crippen LogP contribution >= 0.6 is 247 Å². The molecule has 0 N–H and O–H groups in total. The third kappa shape index (κ3) is 27.8. The van der Waals surface area contributed by atoms with Crippen LogP contribution in [0.2, 0.25) is 33.2 Å². The van der Waals surface area contributed by atoms with Crippen LogP contribution in [-0.4, -0.2) is 212 Å². The Morgan fingerprint density at radius 1 is 0.174 bits per heavy atom. The van der Waals surface area contributed by atoms with Gasteiger partial charge in [-0.1, -0.05) is 174 Å². The summed E-state index contributed by atoms with van der Waals surface area (Å²) in [6.07, 6.45) is 38.2. The summed E-state index contributed by atoms with van der Waals surface area (Å²) in [5, 5.41) is 0. The molecule has 48 heteroatoms. The van der Waals surface area contributed by atoms with Gasteiger partial charge in [-0.3, -0.25) is 0 Å². The molecule has 13 saturated carbocycles. The third-order valence-corrected chi connectivity index (χ3v) is 105. The number of hydrogen-bond acceptors (Lipinski definition) is 42. The lowest BCUT2D eigenvalue weighted by Gasteiger charge is -2.56. The van der Waals surface area contributed by atoms with E-state index in [0.29, 0.717) is 154 Å². The zero-order valence-corrected chi connectivity index (χ0v) is 111. The van der Waals surface area contributed by atoms with Gasteiger partial charge in [-0.25, -0.2) is 0 Å². The van der Waals surface area contributed by atoms with E-state index in [1.807, 2.05) is 0 Å². The van der Waals surface area contributed by atoms with Crippen LogP contribution in [0.4, 0.5) is 0 Å². The lowest BCUT2D eigenvalue weighted by molar-refractivity contribution is 0.0553. The molecule has 0 aromatic carbocycles. The highest BCUT2D eigenvalue weighted by atomic mass is 33.7. The lowest BCUT2D eigenvalue weighted by atomic mass is 9.99. The molecule has 138 heavy (non-hydrogen) atoms. The van der Waals surface area contributed by atoms with Crippen LogP contribution in [0.25, 0.3) is 0 Å². The molecule has 13 aliphatic rings. The van der Waals surface area contributed by atoms with E-state index in [4.69, 9.17) is 79.7 Å². The Labute approximate surface area is 933 Å². The van der Waals surface area contributed by atoms with Gasteiger partial charge in [-0.15, -0.1) is 0 Å². The van der Waals surface area contributed by atoms with Gasteiger partial charge in [0.1, 0.15) is 12.2 Å². The lowest BCUT2D eigenvalue weighted by Crippen LogP contribution is -2.56. The van der Waals surface area contributed by atoms with Gasteiger partial charge in [0.05, 0.1) is 0 Å². The molecule has 0 radical (unpaired) electrons. The summed E-state index contributed by atoms with van der Waals surface area (Å²) in [6, 6.07) is 0. The predicted molar refractivity (Wildman–Crippen MR) is 646 cm³/mol. The molecule has 0 saturated heterocycles. The second-order valence-corrected chi connectivity index (χ2v) is 94.6. The third-order valence-electron chi connectivity index (χ3n) is 31.5. The van der Waals surface area contributed by atoms with E-state index < -0.39 is 65.1 Å². The van der Waals surface area contributed by atoms with Crippen molar-refractivity contribution in [2.24, 2.45) is 35.5 Å². The molecule has 13 fully saturated rings. The first kappa shape index (κ1) is 124. The van der Waals surface area contributed by atoms with E-state index in [-0.39, 0.29) is 61.7 Å². The van der Waals surface area contributed by atoms with E-state index in [2.05, 4.69) is 372 Å². The van der Waals surface area contributed by atoms with Crippen LogP contribution in [0, 0.1) is 35.5 Å². The smallest absolute Gasteiger partial charge is 0.374 e. The average molecular weight is 2480 g/mol. The summed E-state index contributed by atoms with van der Waals surface area (Å²) in [4.78, 5) is 0. The number of fused-ring (bicyclic) bond motifs is 12. The molecule has 0 amide bonds. The Hall–Kier alpha value is 8.98. The topological polar surface area (TPSA) is 166 Å². The summed E-state index contributed by atoms with van der Waals surface area (Å²) in [5.74, 6) is 3.70. The first-order valence-corrected chi connectivity index (χ1v) is 92.5. The van der Waals surface area contributed by atoms with Crippen molar-refractivity contribution < 1.29 is 79.7 Å². The quantitative estimate of drug-likeness (QED) is 0.0244. The fourth-order valence-corrected chi connectivity index (χ4v) is 115. The number of rotatable bonds is 72. The van der Waals surface area contributed by atoms with Gasteiger partial charge < -0.3 is 79.7 Å². The first-order chi connectivity index (χ1) is 67.0. The van der Waals surface area contributed by atoms with Crippen LogP contribution < -0.4 is 0 Å². The van der Waals surface area contributed by atoms with Crippen molar-refractivity contribution in [3.05, 3.63) is 0 Å². The summed E-state index contributed by atoms with van der Waals surface area (Å²) < 4.78 is 126. The molecule has 18 nitrogen and oxygen atoms in total. The first-order valence-electron chi connectivity index (χ1n) is 52.8. The summed E-state index contributed by atoms with van der Waals surface area (Å²) in [7, 11) is 33.1. The normalized spacial score (nSPS) is 35.3. The van der Waals surface area contributed by atoms with Gasteiger partial charge in [0.15, 0.2) is 0 Å². The zero-order chi connectivity index (χ0) is 98.2. The maximum Gasteiger partial charge on any atom is 0.505 e. The minimum absolute atomic E-state index is 0.0590. The molecule has 18 unspecified atom stereocenters. The highest BCUT2D eigenvalue weighted by molar-refractivity contribution is 9.32. The molecule has 13 aliphatic carbocycles. The highest BCUT2D eigenvalue weighted by Gasteiger charge is 2.75.